The zero-order valence-electron chi connectivity index (χ0n) is 15.6. The number of rotatable bonds is 9. The van der Waals surface area contributed by atoms with E-state index in [2.05, 4.69) is 26.2 Å². The molecule has 0 amide bonds. The van der Waals surface area contributed by atoms with Crippen molar-refractivity contribution in [3.63, 3.8) is 0 Å². The molecule has 28 heavy (non-hydrogen) atoms. The molecule has 3 aromatic rings. The predicted octanol–water partition coefficient (Wildman–Crippen LogP) is 5.25. The molecule has 0 bridgehead atoms. The molecular weight excluding hydrogens is 423 g/mol. The van der Waals surface area contributed by atoms with Crippen LogP contribution in [0.4, 0.5) is 4.39 Å². The van der Waals surface area contributed by atoms with E-state index in [0.29, 0.717) is 30.2 Å². The number of aromatic nitrogens is 1. The summed E-state index contributed by atoms with van der Waals surface area (Å²) in [7, 11) is 0. The van der Waals surface area contributed by atoms with Crippen molar-refractivity contribution >= 4 is 15.9 Å². The van der Waals surface area contributed by atoms with Gasteiger partial charge in [-0.2, -0.15) is 0 Å². The Labute approximate surface area is 172 Å². The van der Waals surface area contributed by atoms with E-state index in [-0.39, 0.29) is 12.4 Å². The molecule has 0 saturated heterocycles. The second-order valence-corrected chi connectivity index (χ2v) is 7.04. The minimum Gasteiger partial charge on any atom is -0.490 e. The summed E-state index contributed by atoms with van der Waals surface area (Å²) in [4.78, 5) is 4.12. The van der Waals surface area contributed by atoms with Crippen LogP contribution in [0.3, 0.4) is 0 Å². The molecule has 1 heterocycles. The summed E-state index contributed by atoms with van der Waals surface area (Å²) in [5, 5.41) is 3.39. The van der Waals surface area contributed by atoms with Gasteiger partial charge in [0.05, 0.1) is 11.1 Å². The third-order valence-corrected chi connectivity index (χ3v) is 4.67. The molecule has 6 heteroatoms. The van der Waals surface area contributed by atoms with Crippen molar-refractivity contribution in [1.82, 2.24) is 10.3 Å². The summed E-state index contributed by atoms with van der Waals surface area (Å²) in [6, 6.07) is 14.5. The molecule has 0 aliphatic heterocycles. The van der Waals surface area contributed by atoms with Gasteiger partial charge < -0.3 is 14.8 Å². The van der Waals surface area contributed by atoms with E-state index in [1.54, 1.807) is 24.4 Å². The van der Waals surface area contributed by atoms with E-state index in [0.717, 1.165) is 22.1 Å². The lowest BCUT2D eigenvalue weighted by atomic mass is 10.2. The molecule has 0 atom stereocenters. The number of nitrogens with zero attached hydrogens (tertiary/aromatic N) is 1. The van der Waals surface area contributed by atoms with Crippen LogP contribution in [0.5, 0.6) is 11.5 Å². The van der Waals surface area contributed by atoms with Crippen LogP contribution in [0.2, 0.25) is 0 Å². The molecule has 4 nitrogen and oxygen atoms in total. The Morgan fingerprint density at radius 2 is 1.86 bits per heavy atom. The van der Waals surface area contributed by atoms with Crippen LogP contribution < -0.4 is 14.8 Å². The summed E-state index contributed by atoms with van der Waals surface area (Å²) in [5.74, 6) is 0.917. The lowest BCUT2D eigenvalue weighted by molar-refractivity contribution is 0.264. The fraction of sp³-hybridized carbons (Fsp3) is 0.227. The van der Waals surface area contributed by atoms with Gasteiger partial charge in [0.1, 0.15) is 12.4 Å². The van der Waals surface area contributed by atoms with Gasteiger partial charge in [0.15, 0.2) is 11.5 Å². The molecular formula is C22H22BrFN2O2. The van der Waals surface area contributed by atoms with Gasteiger partial charge in [-0.3, -0.25) is 4.98 Å². The molecule has 1 N–H and O–H groups in total. The average molecular weight is 445 g/mol. The smallest absolute Gasteiger partial charge is 0.175 e. The Morgan fingerprint density at radius 3 is 2.61 bits per heavy atom. The third kappa shape index (κ3) is 5.53. The standard InChI is InChI=1S/C22H22BrFN2O2/c1-2-27-21-11-17(14-26-13-16-6-5-9-25-12-16)10-19(23)22(21)28-15-18-7-3-4-8-20(18)24/h3-12,26H,2,13-15H2,1H3. The molecule has 0 fully saturated rings. The number of hydrogen-bond acceptors (Lipinski definition) is 4. The van der Waals surface area contributed by atoms with Gasteiger partial charge >= 0.3 is 0 Å². The predicted molar refractivity (Wildman–Crippen MR) is 111 cm³/mol. The van der Waals surface area contributed by atoms with Crippen molar-refractivity contribution in [3.05, 3.63) is 87.9 Å². The summed E-state index contributed by atoms with van der Waals surface area (Å²) < 4.78 is 26.3. The Bertz CT molecular complexity index is 906. The maximum atomic E-state index is 13.8. The van der Waals surface area contributed by atoms with Gasteiger partial charge in [0, 0.05) is 31.0 Å². The van der Waals surface area contributed by atoms with Gasteiger partial charge in [-0.1, -0.05) is 24.3 Å². The van der Waals surface area contributed by atoms with Crippen molar-refractivity contribution in [1.29, 1.82) is 0 Å². The Hall–Kier alpha value is -2.44. The molecule has 2 aromatic carbocycles. The topological polar surface area (TPSA) is 43.4 Å². The van der Waals surface area contributed by atoms with E-state index in [1.807, 2.05) is 37.4 Å². The second kappa shape index (κ2) is 10.2. The number of pyridine rings is 1. The van der Waals surface area contributed by atoms with E-state index in [4.69, 9.17) is 9.47 Å². The molecule has 146 valence electrons. The molecule has 1 aromatic heterocycles. The zero-order chi connectivity index (χ0) is 19.8. The minimum absolute atomic E-state index is 0.129. The Kier molecular flexibility index (Phi) is 7.39. The maximum absolute atomic E-state index is 13.8. The lowest BCUT2D eigenvalue weighted by Crippen LogP contribution is -2.13. The first-order chi connectivity index (χ1) is 13.7. The molecule has 0 radical (unpaired) electrons. The second-order valence-electron chi connectivity index (χ2n) is 6.18. The Morgan fingerprint density at radius 1 is 1.04 bits per heavy atom. The highest BCUT2D eigenvalue weighted by atomic mass is 79.9. The number of benzene rings is 2. The number of halogens is 2. The van der Waals surface area contributed by atoms with E-state index >= 15 is 0 Å². The molecule has 0 saturated carbocycles. The lowest BCUT2D eigenvalue weighted by Gasteiger charge is -2.16. The summed E-state index contributed by atoms with van der Waals surface area (Å²) >= 11 is 3.56. The first kappa shape index (κ1) is 20.3. The SMILES string of the molecule is CCOc1cc(CNCc2cccnc2)cc(Br)c1OCc1ccccc1F. The minimum atomic E-state index is -0.284. The van der Waals surface area contributed by atoms with E-state index in [1.165, 1.54) is 6.07 Å². The number of hydrogen-bond donors (Lipinski definition) is 1. The van der Waals surface area contributed by atoms with Crippen LogP contribution in [-0.4, -0.2) is 11.6 Å². The van der Waals surface area contributed by atoms with E-state index < -0.39 is 0 Å². The first-order valence-electron chi connectivity index (χ1n) is 9.08. The third-order valence-electron chi connectivity index (χ3n) is 4.08. The van der Waals surface area contributed by atoms with Crippen LogP contribution in [0.15, 0.2) is 65.4 Å². The van der Waals surface area contributed by atoms with Crippen molar-refractivity contribution in [2.45, 2.75) is 26.6 Å². The summed E-state index contributed by atoms with van der Waals surface area (Å²) in [6.07, 6.45) is 3.60. The molecule has 3 rings (SSSR count). The van der Waals surface area contributed by atoms with Crippen molar-refractivity contribution in [3.8, 4) is 11.5 Å². The molecule has 0 aliphatic carbocycles. The van der Waals surface area contributed by atoms with Crippen LogP contribution in [-0.2, 0) is 19.7 Å². The summed E-state index contributed by atoms with van der Waals surface area (Å²) in [6.45, 7) is 3.95. The maximum Gasteiger partial charge on any atom is 0.175 e. The molecule has 0 spiro atoms. The largest absolute Gasteiger partial charge is 0.490 e. The fourth-order valence-corrected chi connectivity index (χ4v) is 3.35. The fourth-order valence-electron chi connectivity index (χ4n) is 2.75. The van der Waals surface area contributed by atoms with Crippen LogP contribution in [0.25, 0.3) is 0 Å². The quantitative estimate of drug-likeness (QED) is 0.489. The average Bonchev–Trinajstić information content (AvgIpc) is 2.70. The van der Waals surface area contributed by atoms with Gasteiger partial charge in [0.2, 0.25) is 0 Å². The highest BCUT2D eigenvalue weighted by Gasteiger charge is 2.13. The van der Waals surface area contributed by atoms with Crippen molar-refractivity contribution in [2.75, 3.05) is 6.61 Å². The van der Waals surface area contributed by atoms with Gasteiger partial charge in [-0.15, -0.1) is 0 Å². The van der Waals surface area contributed by atoms with Crippen LogP contribution in [0, 0.1) is 5.82 Å². The molecule has 0 aliphatic rings. The number of ether oxygens (including phenoxy) is 2. The van der Waals surface area contributed by atoms with Gasteiger partial charge in [0.25, 0.3) is 0 Å². The van der Waals surface area contributed by atoms with Gasteiger partial charge in [-0.05, 0) is 58.2 Å². The highest BCUT2D eigenvalue weighted by molar-refractivity contribution is 9.10. The zero-order valence-corrected chi connectivity index (χ0v) is 17.2. The monoisotopic (exact) mass is 444 g/mol. The number of nitrogens with one attached hydrogen (secondary N) is 1. The Balaban J connectivity index is 1.69. The van der Waals surface area contributed by atoms with Crippen molar-refractivity contribution in [2.24, 2.45) is 0 Å². The van der Waals surface area contributed by atoms with Crippen LogP contribution in [0.1, 0.15) is 23.6 Å². The van der Waals surface area contributed by atoms with E-state index in [9.17, 15) is 4.39 Å². The summed E-state index contributed by atoms with van der Waals surface area (Å²) in [5.41, 5.74) is 2.67. The van der Waals surface area contributed by atoms with Crippen molar-refractivity contribution < 1.29 is 13.9 Å². The van der Waals surface area contributed by atoms with Crippen LogP contribution >= 0.6 is 15.9 Å². The van der Waals surface area contributed by atoms with Gasteiger partial charge in [-0.25, -0.2) is 4.39 Å². The highest BCUT2D eigenvalue weighted by Crippen LogP contribution is 2.37. The first-order valence-corrected chi connectivity index (χ1v) is 9.87. The molecule has 0 unspecified atom stereocenters. The normalized spacial score (nSPS) is 10.7.